The molecule has 0 aliphatic heterocycles. The Hall–Kier alpha value is -3.64. The molecule has 0 spiro atoms. The van der Waals surface area contributed by atoms with Gasteiger partial charge in [0.05, 0.1) is 25.0 Å². The van der Waals surface area contributed by atoms with Crippen LogP contribution in [0.25, 0.3) is 16.9 Å². The van der Waals surface area contributed by atoms with Crippen molar-refractivity contribution in [1.29, 1.82) is 5.26 Å². The lowest BCUT2D eigenvalue weighted by Gasteiger charge is -2.10. The fraction of sp³-hybridized carbons (Fsp3) is 0.143. The molecule has 2 aromatic carbocycles. The molecule has 0 saturated heterocycles. The summed E-state index contributed by atoms with van der Waals surface area (Å²) < 4.78 is 10.4. The first kappa shape index (κ1) is 19.7. The van der Waals surface area contributed by atoms with Crippen LogP contribution >= 0.6 is 15.9 Å². The van der Waals surface area contributed by atoms with Crippen LogP contribution in [0.5, 0.6) is 5.75 Å². The van der Waals surface area contributed by atoms with Crippen molar-refractivity contribution in [3.05, 3.63) is 80.8 Å². The van der Waals surface area contributed by atoms with Crippen molar-refractivity contribution in [2.75, 3.05) is 7.11 Å². The summed E-state index contributed by atoms with van der Waals surface area (Å²) in [5, 5.41) is 18.1. The van der Waals surface area contributed by atoms with Crippen molar-refractivity contribution < 1.29 is 4.74 Å². The number of halogens is 1. The Morgan fingerprint density at radius 1 is 1.13 bits per heavy atom. The zero-order valence-corrected chi connectivity index (χ0v) is 17.9. The van der Waals surface area contributed by atoms with E-state index in [4.69, 9.17) is 4.74 Å². The van der Waals surface area contributed by atoms with Crippen molar-refractivity contribution in [1.82, 2.24) is 24.4 Å². The second-order valence-corrected chi connectivity index (χ2v) is 7.31. The Labute approximate surface area is 180 Å². The molecular weight excluding hydrogens is 448 g/mol. The number of nitriles is 1. The molecule has 0 radical (unpaired) electrons. The molecule has 150 valence electrons. The molecule has 0 aliphatic carbocycles. The maximum atomic E-state index is 12.8. The van der Waals surface area contributed by atoms with Crippen molar-refractivity contribution >= 4 is 15.9 Å². The first-order chi connectivity index (χ1) is 14.5. The standard InChI is InChI=1S/C21H17BrN6O2/c1-26-18(19(22)21(29)28(26)15-6-4-3-5-7-15)13-27-17(12-23)20(24-25-27)14-8-10-16(30-2)11-9-14/h3-11H,13H2,1-2H3. The smallest absolute Gasteiger partial charge is 0.286 e. The third-order valence-corrected chi connectivity index (χ3v) is 5.63. The summed E-state index contributed by atoms with van der Waals surface area (Å²) in [5.41, 5.74) is 2.78. The number of para-hydroxylation sites is 1. The van der Waals surface area contributed by atoms with Gasteiger partial charge in [-0.25, -0.2) is 9.36 Å². The normalized spacial score (nSPS) is 10.7. The van der Waals surface area contributed by atoms with Crippen molar-refractivity contribution in [3.63, 3.8) is 0 Å². The van der Waals surface area contributed by atoms with Gasteiger partial charge < -0.3 is 4.74 Å². The maximum Gasteiger partial charge on any atom is 0.286 e. The van der Waals surface area contributed by atoms with Gasteiger partial charge in [0.25, 0.3) is 5.56 Å². The van der Waals surface area contributed by atoms with Crippen molar-refractivity contribution in [2.45, 2.75) is 6.54 Å². The number of hydrogen-bond donors (Lipinski definition) is 0. The van der Waals surface area contributed by atoms with Crippen LogP contribution in [-0.4, -0.2) is 31.5 Å². The molecular formula is C21H17BrN6O2. The van der Waals surface area contributed by atoms with E-state index < -0.39 is 0 Å². The first-order valence-electron chi connectivity index (χ1n) is 9.05. The Morgan fingerprint density at radius 2 is 1.83 bits per heavy atom. The van der Waals surface area contributed by atoms with E-state index in [1.54, 1.807) is 35.7 Å². The minimum Gasteiger partial charge on any atom is -0.497 e. The number of ether oxygens (including phenoxy) is 1. The second-order valence-electron chi connectivity index (χ2n) is 6.52. The highest BCUT2D eigenvalue weighted by Gasteiger charge is 2.21. The third-order valence-electron chi connectivity index (χ3n) is 4.83. The number of aromatic nitrogens is 5. The van der Waals surface area contributed by atoms with E-state index in [0.29, 0.717) is 27.3 Å². The number of nitrogens with zero attached hydrogens (tertiary/aromatic N) is 6. The van der Waals surface area contributed by atoms with Gasteiger partial charge in [-0.2, -0.15) is 5.26 Å². The first-order valence-corrected chi connectivity index (χ1v) is 9.84. The quantitative estimate of drug-likeness (QED) is 0.452. The highest BCUT2D eigenvalue weighted by atomic mass is 79.9. The summed E-state index contributed by atoms with van der Waals surface area (Å²) in [6.45, 7) is 0.207. The summed E-state index contributed by atoms with van der Waals surface area (Å²) in [4.78, 5) is 12.8. The third kappa shape index (κ3) is 3.31. The summed E-state index contributed by atoms with van der Waals surface area (Å²) >= 11 is 3.41. The van der Waals surface area contributed by atoms with Crippen LogP contribution in [0.2, 0.25) is 0 Å². The van der Waals surface area contributed by atoms with Crippen LogP contribution < -0.4 is 10.3 Å². The van der Waals surface area contributed by atoms with Crippen LogP contribution in [0, 0.1) is 11.3 Å². The Morgan fingerprint density at radius 3 is 2.47 bits per heavy atom. The van der Waals surface area contributed by atoms with Crippen LogP contribution in [0.4, 0.5) is 0 Å². The lowest BCUT2D eigenvalue weighted by molar-refractivity contribution is 0.415. The van der Waals surface area contributed by atoms with E-state index in [9.17, 15) is 10.1 Å². The molecule has 0 N–H and O–H groups in total. The molecule has 0 aliphatic rings. The van der Waals surface area contributed by atoms with Gasteiger partial charge in [-0.1, -0.05) is 23.4 Å². The monoisotopic (exact) mass is 464 g/mol. The number of rotatable bonds is 5. The molecule has 2 heterocycles. The average Bonchev–Trinajstić information content (AvgIpc) is 3.28. The van der Waals surface area contributed by atoms with Crippen molar-refractivity contribution in [3.8, 4) is 28.8 Å². The minimum atomic E-state index is -0.187. The summed E-state index contributed by atoms with van der Waals surface area (Å²) in [6.07, 6.45) is 0. The molecule has 0 saturated carbocycles. The van der Waals surface area contributed by atoms with Gasteiger partial charge in [-0.05, 0) is 52.3 Å². The highest BCUT2D eigenvalue weighted by molar-refractivity contribution is 9.10. The van der Waals surface area contributed by atoms with Crippen LogP contribution in [-0.2, 0) is 13.6 Å². The Kier molecular flexibility index (Phi) is 5.25. The zero-order chi connectivity index (χ0) is 21.3. The van der Waals surface area contributed by atoms with Gasteiger partial charge in [0, 0.05) is 12.6 Å². The molecule has 30 heavy (non-hydrogen) atoms. The average molecular weight is 465 g/mol. The molecule has 0 bridgehead atoms. The van der Waals surface area contributed by atoms with Gasteiger partial charge in [0.2, 0.25) is 0 Å². The van der Waals surface area contributed by atoms with E-state index in [0.717, 1.165) is 11.3 Å². The van der Waals surface area contributed by atoms with E-state index in [-0.39, 0.29) is 12.1 Å². The second kappa shape index (κ2) is 8.00. The molecule has 4 aromatic rings. The number of hydrogen-bond acceptors (Lipinski definition) is 5. The number of benzene rings is 2. The fourth-order valence-corrected chi connectivity index (χ4v) is 3.82. The number of methoxy groups -OCH3 is 1. The summed E-state index contributed by atoms with van der Waals surface area (Å²) in [5.74, 6) is 0.714. The maximum absolute atomic E-state index is 12.8. The summed E-state index contributed by atoms with van der Waals surface area (Å²) in [7, 11) is 3.39. The van der Waals surface area contributed by atoms with Crippen LogP contribution in [0.1, 0.15) is 11.4 Å². The van der Waals surface area contributed by atoms with E-state index >= 15 is 0 Å². The molecule has 9 heteroatoms. The molecule has 0 atom stereocenters. The predicted molar refractivity (Wildman–Crippen MR) is 115 cm³/mol. The van der Waals surface area contributed by atoms with E-state index in [2.05, 4.69) is 32.3 Å². The van der Waals surface area contributed by atoms with E-state index in [1.165, 1.54) is 4.68 Å². The highest BCUT2D eigenvalue weighted by Crippen LogP contribution is 2.24. The predicted octanol–water partition coefficient (Wildman–Crippen LogP) is 3.13. The van der Waals surface area contributed by atoms with Gasteiger partial charge in [0.1, 0.15) is 22.0 Å². The molecule has 4 rings (SSSR count). The largest absolute Gasteiger partial charge is 0.497 e. The molecule has 8 nitrogen and oxygen atoms in total. The molecule has 0 fully saturated rings. The summed E-state index contributed by atoms with van der Waals surface area (Å²) in [6, 6.07) is 18.8. The molecule has 0 unspecified atom stereocenters. The van der Waals surface area contributed by atoms with Gasteiger partial charge in [-0.15, -0.1) is 5.10 Å². The van der Waals surface area contributed by atoms with Gasteiger partial charge in [-0.3, -0.25) is 9.48 Å². The lowest BCUT2D eigenvalue weighted by Crippen LogP contribution is -2.20. The molecule has 0 amide bonds. The topological polar surface area (TPSA) is 90.7 Å². The van der Waals surface area contributed by atoms with Gasteiger partial charge >= 0.3 is 0 Å². The SMILES string of the molecule is COc1ccc(-c2nnn(Cc3c(Br)c(=O)n(-c4ccccc4)n3C)c2C#N)cc1. The zero-order valence-electron chi connectivity index (χ0n) is 16.3. The Balaban J connectivity index is 1.75. The van der Waals surface area contributed by atoms with E-state index in [1.807, 2.05) is 42.5 Å². The van der Waals surface area contributed by atoms with Crippen LogP contribution in [0.3, 0.4) is 0 Å². The van der Waals surface area contributed by atoms with Gasteiger partial charge in [0.15, 0.2) is 5.69 Å². The Bertz CT molecular complexity index is 1300. The lowest BCUT2D eigenvalue weighted by atomic mass is 10.1. The minimum absolute atomic E-state index is 0.187. The fourth-order valence-electron chi connectivity index (χ4n) is 3.27. The molecule has 2 aromatic heterocycles. The van der Waals surface area contributed by atoms with Crippen LogP contribution in [0.15, 0.2) is 63.9 Å². The van der Waals surface area contributed by atoms with Crippen molar-refractivity contribution in [2.24, 2.45) is 7.05 Å².